The molecule has 0 amide bonds. The molecular formula is C15H10F3N3O2S. The third kappa shape index (κ3) is 2.90. The van der Waals surface area contributed by atoms with Crippen molar-refractivity contribution < 1.29 is 23.1 Å². The summed E-state index contributed by atoms with van der Waals surface area (Å²) in [5.74, 6) is -1.69. The largest absolute Gasteiger partial charge is 0.478 e. The quantitative estimate of drug-likeness (QED) is 0.772. The van der Waals surface area contributed by atoms with Crippen molar-refractivity contribution in [2.75, 3.05) is 0 Å². The molecule has 0 fully saturated rings. The van der Waals surface area contributed by atoms with Gasteiger partial charge in [0, 0.05) is 10.9 Å². The molecule has 0 radical (unpaired) electrons. The maximum absolute atomic E-state index is 13.2. The van der Waals surface area contributed by atoms with Gasteiger partial charge < -0.3 is 5.11 Å². The maximum atomic E-state index is 13.2. The topological polar surface area (TPSA) is 68.0 Å². The molecular weight excluding hydrogens is 343 g/mol. The molecule has 3 aromatic rings. The van der Waals surface area contributed by atoms with E-state index < -0.39 is 23.4 Å². The van der Waals surface area contributed by atoms with Crippen LogP contribution in [0.15, 0.2) is 35.8 Å². The van der Waals surface area contributed by atoms with E-state index in [1.807, 2.05) is 25.1 Å². The molecule has 0 saturated heterocycles. The third-order valence-corrected chi connectivity index (χ3v) is 4.07. The number of aryl methyl sites for hydroxylation is 1. The summed E-state index contributed by atoms with van der Waals surface area (Å²) in [6.45, 7) is 1.89. The Morgan fingerprint density at radius 1 is 1.33 bits per heavy atom. The highest BCUT2D eigenvalue weighted by Crippen LogP contribution is 2.35. The number of thiazole rings is 1. The summed E-state index contributed by atoms with van der Waals surface area (Å²) in [6, 6.07) is 7.37. The Hall–Kier alpha value is -2.68. The molecule has 0 aliphatic rings. The molecule has 2 heterocycles. The molecule has 5 nitrogen and oxygen atoms in total. The minimum absolute atomic E-state index is 0.0497. The zero-order valence-corrected chi connectivity index (χ0v) is 13.0. The Kier molecular flexibility index (Phi) is 3.88. The first-order valence-corrected chi connectivity index (χ1v) is 7.57. The third-order valence-electron chi connectivity index (χ3n) is 3.26. The van der Waals surface area contributed by atoms with Gasteiger partial charge in [0.15, 0.2) is 5.69 Å². The molecule has 0 unspecified atom stereocenters. The first kappa shape index (κ1) is 16.2. The summed E-state index contributed by atoms with van der Waals surface area (Å²) >= 11 is 0.955. The summed E-state index contributed by atoms with van der Waals surface area (Å²) in [5.41, 5.74) is -0.00361. The number of hydrogen-bond acceptors (Lipinski definition) is 4. The van der Waals surface area contributed by atoms with E-state index in [4.69, 9.17) is 5.11 Å². The second-order valence-corrected chi connectivity index (χ2v) is 5.84. The van der Waals surface area contributed by atoms with Gasteiger partial charge in [-0.05, 0) is 13.0 Å². The van der Waals surface area contributed by atoms with Crippen LogP contribution >= 0.6 is 11.3 Å². The van der Waals surface area contributed by atoms with Crippen molar-refractivity contribution in [3.63, 3.8) is 0 Å². The number of aromatic nitrogens is 3. The Morgan fingerprint density at radius 2 is 2.08 bits per heavy atom. The van der Waals surface area contributed by atoms with Crippen LogP contribution in [0.4, 0.5) is 13.2 Å². The number of rotatable bonds is 3. The van der Waals surface area contributed by atoms with Crippen molar-refractivity contribution in [1.29, 1.82) is 0 Å². The summed E-state index contributed by atoms with van der Waals surface area (Å²) in [4.78, 5) is 15.2. The van der Waals surface area contributed by atoms with E-state index in [1.54, 1.807) is 11.4 Å². The first-order chi connectivity index (χ1) is 11.3. The SMILES string of the molecule is Cc1cccc(-c2csc(-n3ncc(C(=O)O)c3C(F)(F)F)n2)c1. The van der Waals surface area contributed by atoms with Crippen molar-refractivity contribution in [3.8, 4) is 16.4 Å². The molecule has 1 aromatic carbocycles. The monoisotopic (exact) mass is 353 g/mol. The Bertz CT molecular complexity index is 915. The van der Waals surface area contributed by atoms with Gasteiger partial charge in [-0.3, -0.25) is 0 Å². The number of carboxylic acid groups (broad SMARTS) is 1. The van der Waals surface area contributed by atoms with E-state index in [0.29, 0.717) is 16.6 Å². The van der Waals surface area contributed by atoms with Crippen LogP contribution in [-0.4, -0.2) is 25.8 Å². The normalized spacial score (nSPS) is 11.7. The second-order valence-electron chi connectivity index (χ2n) is 5.01. The fourth-order valence-corrected chi connectivity index (χ4v) is 3.02. The van der Waals surface area contributed by atoms with Crippen LogP contribution in [0.3, 0.4) is 0 Å². The molecule has 0 saturated carbocycles. The number of halogens is 3. The number of benzene rings is 1. The lowest BCUT2D eigenvalue weighted by molar-refractivity contribution is -0.143. The van der Waals surface area contributed by atoms with Crippen LogP contribution in [0.2, 0.25) is 0 Å². The minimum atomic E-state index is -4.86. The number of aromatic carboxylic acids is 1. The van der Waals surface area contributed by atoms with Crippen molar-refractivity contribution in [2.45, 2.75) is 13.1 Å². The van der Waals surface area contributed by atoms with Crippen LogP contribution in [0.25, 0.3) is 16.4 Å². The van der Waals surface area contributed by atoms with Gasteiger partial charge in [0.2, 0.25) is 5.13 Å². The molecule has 0 spiro atoms. The molecule has 124 valence electrons. The van der Waals surface area contributed by atoms with Gasteiger partial charge in [-0.25, -0.2) is 14.5 Å². The number of carbonyl (C=O) groups is 1. The molecule has 9 heteroatoms. The van der Waals surface area contributed by atoms with Crippen LogP contribution in [0.1, 0.15) is 21.6 Å². The lowest BCUT2D eigenvalue weighted by Gasteiger charge is -2.09. The maximum Gasteiger partial charge on any atom is 0.434 e. The molecule has 1 N–H and O–H groups in total. The van der Waals surface area contributed by atoms with Gasteiger partial charge in [-0.15, -0.1) is 11.3 Å². The van der Waals surface area contributed by atoms with Crippen molar-refractivity contribution in [3.05, 3.63) is 52.7 Å². The minimum Gasteiger partial charge on any atom is -0.478 e. The van der Waals surface area contributed by atoms with Crippen LogP contribution in [0.5, 0.6) is 0 Å². The van der Waals surface area contributed by atoms with Crippen LogP contribution < -0.4 is 0 Å². The van der Waals surface area contributed by atoms with Crippen LogP contribution in [0, 0.1) is 6.92 Å². The second kappa shape index (κ2) is 5.75. The highest BCUT2D eigenvalue weighted by atomic mass is 32.1. The van der Waals surface area contributed by atoms with E-state index in [-0.39, 0.29) is 5.13 Å². The molecule has 2 aromatic heterocycles. The molecule has 0 bridgehead atoms. The zero-order valence-electron chi connectivity index (χ0n) is 12.2. The number of alkyl halides is 3. The predicted octanol–water partition coefficient (Wildman–Crippen LogP) is 4.02. The van der Waals surface area contributed by atoms with Gasteiger partial charge in [-0.1, -0.05) is 23.8 Å². The van der Waals surface area contributed by atoms with Gasteiger partial charge in [-0.2, -0.15) is 18.3 Å². The van der Waals surface area contributed by atoms with E-state index in [9.17, 15) is 18.0 Å². The molecule has 3 rings (SSSR count). The number of carboxylic acids is 1. The predicted molar refractivity (Wildman–Crippen MR) is 81.4 cm³/mol. The molecule has 0 atom stereocenters. The van der Waals surface area contributed by atoms with Gasteiger partial charge in [0.05, 0.1) is 11.9 Å². The van der Waals surface area contributed by atoms with Crippen molar-refractivity contribution >= 4 is 17.3 Å². The molecule has 0 aliphatic carbocycles. The summed E-state index contributed by atoms with van der Waals surface area (Å²) in [7, 11) is 0. The molecule has 0 aliphatic heterocycles. The summed E-state index contributed by atoms with van der Waals surface area (Å²) in [6.07, 6.45) is -4.18. The average Bonchev–Trinajstić information content (AvgIpc) is 3.13. The van der Waals surface area contributed by atoms with Crippen LogP contribution in [-0.2, 0) is 6.18 Å². The van der Waals surface area contributed by atoms with Gasteiger partial charge in [0.1, 0.15) is 5.56 Å². The summed E-state index contributed by atoms with van der Waals surface area (Å²) < 4.78 is 40.2. The van der Waals surface area contributed by atoms with Gasteiger partial charge in [0.25, 0.3) is 0 Å². The van der Waals surface area contributed by atoms with Crippen molar-refractivity contribution in [2.24, 2.45) is 0 Å². The molecule has 24 heavy (non-hydrogen) atoms. The standard InChI is InChI=1S/C15H10F3N3O2S/c1-8-3-2-4-9(5-8)11-7-24-14(20-11)21-12(15(16,17)18)10(6-19-21)13(22)23/h2-7H,1H3,(H,22,23). The first-order valence-electron chi connectivity index (χ1n) is 6.69. The highest BCUT2D eigenvalue weighted by molar-refractivity contribution is 7.12. The fraction of sp³-hybridized carbons (Fsp3) is 0.133. The van der Waals surface area contributed by atoms with E-state index in [1.165, 1.54) is 0 Å². The lowest BCUT2D eigenvalue weighted by Crippen LogP contribution is -2.17. The highest BCUT2D eigenvalue weighted by Gasteiger charge is 2.41. The Morgan fingerprint density at radius 3 is 2.71 bits per heavy atom. The zero-order chi connectivity index (χ0) is 17.5. The smallest absolute Gasteiger partial charge is 0.434 e. The lowest BCUT2D eigenvalue weighted by atomic mass is 10.1. The van der Waals surface area contributed by atoms with Crippen molar-refractivity contribution in [1.82, 2.24) is 14.8 Å². The van der Waals surface area contributed by atoms with Gasteiger partial charge >= 0.3 is 12.1 Å². The summed E-state index contributed by atoms with van der Waals surface area (Å²) in [5, 5.41) is 14.0. The fourth-order valence-electron chi connectivity index (χ4n) is 2.22. The van der Waals surface area contributed by atoms with E-state index >= 15 is 0 Å². The average molecular weight is 353 g/mol. The Labute approximate surface area is 138 Å². The number of hydrogen-bond donors (Lipinski definition) is 1. The van der Waals surface area contributed by atoms with E-state index in [0.717, 1.165) is 22.5 Å². The Balaban J connectivity index is 2.10. The number of nitrogens with zero attached hydrogens (tertiary/aromatic N) is 3. The van der Waals surface area contributed by atoms with E-state index in [2.05, 4.69) is 10.1 Å².